The van der Waals surface area contributed by atoms with E-state index in [0.29, 0.717) is 6.42 Å². The monoisotopic (exact) mass is 693 g/mol. The zero-order chi connectivity index (χ0) is 36.3. The van der Waals surface area contributed by atoms with Gasteiger partial charge in [-0.15, -0.1) is 0 Å². The van der Waals surface area contributed by atoms with Crippen molar-refractivity contribution in [3.63, 3.8) is 0 Å². The summed E-state index contributed by atoms with van der Waals surface area (Å²) in [5, 5.41) is 20.0. The summed E-state index contributed by atoms with van der Waals surface area (Å²) >= 11 is 0. The molecule has 5 rings (SSSR count). The van der Waals surface area contributed by atoms with Crippen molar-refractivity contribution in [2.75, 3.05) is 6.54 Å². The Hall–Kier alpha value is -6.15. The fraction of sp³-hybridized carbons (Fsp3) is 0.270. The van der Waals surface area contributed by atoms with Crippen LogP contribution in [0.1, 0.15) is 29.5 Å². The highest BCUT2D eigenvalue weighted by Gasteiger charge is 2.31. The van der Waals surface area contributed by atoms with E-state index in [4.69, 9.17) is 17.2 Å². The Bertz CT molecular complexity index is 2000. The zero-order valence-corrected chi connectivity index (χ0v) is 28.0. The minimum Gasteiger partial charge on any atom is -0.480 e. The Kier molecular flexibility index (Phi) is 12.0. The smallest absolute Gasteiger partial charge is 0.326 e. The Morgan fingerprint density at radius 2 is 1.20 bits per heavy atom. The number of carbonyl (C=O) groups excluding carboxylic acids is 3. The van der Waals surface area contributed by atoms with Crippen molar-refractivity contribution in [2.45, 2.75) is 56.3 Å². The molecule has 12 N–H and O–H groups in total. The number of aromatic nitrogens is 2. The number of aromatic amines is 2. The number of hydrogen-bond donors (Lipinski definition) is 9. The van der Waals surface area contributed by atoms with Gasteiger partial charge in [-0.05, 0) is 48.1 Å². The molecule has 14 nitrogen and oxygen atoms in total. The van der Waals surface area contributed by atoms with Gasteiger partial charge in [-0.25, -0.2) is 4.79 Å². The molecule has 266 valence electrons. The fourth-order valence-corrected chi connectivity index (χ4v) is 6.01. The van der Waals surface area contributed by atoms with Gasteiger partial charge in [0.1, 0.15) is 18.1 Å². The number of rotatable bonds is 17. The van der Waals surface area contributed by atoms with Crippen molar-refractivity contribution in [1.82, 2.24) is 25.9 Å². The SMILES string of the molecule is NC(N)=NCCCC(NC(=O)C(N)Cc1c[nH]c2ccccc12)C(=O)NC(Cc1ccccc1)C(=O)NC(Cc1c[nH]c2ccccc12)C(=O)O. The van der Waals surface area contributed by atoms with Crippen LogP contribution < -0.4 is 33.2 Å². The molecule has 5 aromatic rings. The molecule has 14 heteroatoms. The van der Waals surface area contributed by atoms with Crippen LogP contribution in [0.3, 0.4) is 0 Å². The highest BCUT2D eigenvalue weighted by molar-refractivity contribution is 5.95. The van der Waals surface area contributed by atoms with E-state index in [1.807, 2.05) is 54.6 Å². The predicted molar refractivity (Wildman–Crippen MR) is 195 cm³/mol. The lowest BCUT2D eigenvalue weighted by molar-refractivity contribution is -0.142. The lowest BCUT2D eigenvalue weighted by Crippen LogP contribution is -2.58. The van der Waals surface area contributed by atoms with Gasteiger partial charge in [-0.3, -0.25) is 19.4 Å². The van der Waals surface area contributed by atoms with E-state index < -0.39 is 47.9 Å². The quantitative estimate of drug-likeness (QED) is 0.0392. The number of hydrogen-bond acceptors (Lipinski definition) is 6. The lowest BCUT2D eigenvalue weighted by Gasteiger charge is -2.25. The van der Waals surface area contributed by atoms with Crippen molar-refractivity contribution < 1.29 is 24.3 Å². The maximum absolute atomic E-state index is 13.9. The summed E-state index contributed by atoms with van der Waals surface area (Å²) in [4.78, 5) is 63.7. The van der Waals surface area contributed by atoms with Gasteiger partial charge < -0.3 is 48.2 Å². The fourth-order valence-electron chi connectivity index (χ4n) is 6.01. The molecule has 0 fully saturated rings. The maximum atomic E-state index is 13.9. The molecule has 0 saturated carbocycles. The lowest BCUT2D eigenvalue weighted by atomic mass is 10.0. The van der Waals surface area contributed by atoms with Crippen LogP contribution in [-0.4, -0.2) is 75.4 Å². The maximum Gasteiger partial charge on any atom is 0.326 e. The third kappa shape index (κ3) is 9.73. The Morgan fingerprint density at radius 3 is 1.80 bits per heavy atom. The summed E-state index contributed by atoms with van der Waals surface area (Å²) < 4.78 is 0. The van der Waals surface area contributed by atoms with E-state index in [2.05, 4.69) is 30.9 Å². The molecule has 0 bridgehead atoms. The molecule has 4 unspecified atom stereocenters. The van der Waals surface area contributed by atoms with Crippen molar-refractivity contribution in [3.05, 3.63) is 108 Å². The molecule has 51 heavy (non-hydrogen) atoms. The minimum absolute atomic E-state index is 0.00881. The van der Waals surface area contributed by atoms with Crippen LogP contribution in [0.4, 0.5) is 0 Å². The molecule has 3 aromatic carbocycles. The summed E-state index contributed by atoms with van der Waals surface area (Å²) in [6.07, 6.45) is 4.26. The molecule has 2 aromatic heterocycles. The highest BCUT2D eigenvalue weighted by atomic mass is 16.4. The van der Waals surface area contributed by atoms with Gasteiger partial charge in [-0.1, -0.05) is 66.7 Å². The second kappa shape index (κ2) is 17.0. The number of aliphatic imine (C=N–C) groups is 1. The first-order chi connectivity index (χ1) is 24.6. The summed E-state index contributed by atoms with van der Waals surface area (Å²) in [6, 6.07) is 19.6. The Morgan fingerprint density at radius 1 is 0.667 bits per heavy atom. The van der Waals surface area contributed by atoms with Crippen LogP contribution in [0.25, 0.3) is 21.8 Å². The second-order valence-corrected chi connectivity index (χ2v) is 12.4. The number of carbonyl (C=O) groups is 4. The third-order valence-electron chi connectivity index (χ3n) is 8.66. The molecular weight excluding hydrogens is 650 g/mol. The van der Waals surface area contributed by atoms with Gasteiger partial charge in [0.15, 0.2) is 5.96 Å². The normalized spacial score (nSPS) is 13.5. The van der Waals surface area contributed by atoms with E-state index in [-0.39, 0.29) is 38.2 Å². The van der Waals surface area contributed by atoms with Crippen LogP contribution in [0.5, 0.6) is 0 Å². The average molecular weight is 694 g/mol. The number of aliphatic carboxylic acids is 1. The minimum atomic E-state index is -1.29. The Labute approximate surface area is 294 Å². The number of nitrogens with one attached hydrogen (secondary N) is 5. The van der Waals surface area contributed by atoms with Crippen LogP contribution in [0.2, 0.25) is 0 Å². The first kappa shape index (κ1) is 36.1. The molecule has 4 atom stereocenters. The largest absolute Gasteiger partial charge is 0.480 e. The number of nitrogens with two attached hydrogens (primary N) is 3. The third-order valence-corrected chi connectivity index (χ3v) is 8.66. The van der Waals surface area contributed by atoms with E-state index in [9.17, 15) is 24.3 Å². The summed E-state index contributed by atoms with van der Waals surface area (Å²) in [5.41, 5.74) is 21.3. The van der Waals surface area contributed by atoms with Crippen molar-refractivity contribution in [2.24, 2.45) is 22.2 Å². The molecule has 0 radical (unpaired) electrons. The number of fused-ring (bicyclic) bond motifs is 2. The van der Waals surface area contributed by atoms with Crippen LogP contribution in [0.15, 0.2) is 96.2 Å². The van der Waals surface area contributed by atoms with E-state index in [1.165, 1.54) is 0 Å². The van der Waals surface area contributed by atoms with Crippen molar-refractivity contribution in [1.29, 1.82) is 0 Å². The molecule has 0 aliphatic heterocycles. The summed E-state index contributed by atoms with van der Waals surface area (Å²) in [5.74, 6) is -3.24. The molecule has 3 amide bonds. The summed E-state index contributed by atoms with van der Waals surface area (Å²) in [6.45, 7) is 0.200. The number of benzene rings is 3. The molecule has 2 heterocycles. The second-order valence-electron chi connectivity index (χ2n) is 12.4. The predicted octanol–water partition coefficient (Wildman–Crippen LogP) is 1.60. The number of para-hydroxylation sites is 2. The Balaban J connectivity index is 1.32. The highest BCUT2D eigenvalue weighted by Crippen LogP contribution is 2.20. The standard InChI is InChI=1S/C37H43N9O5/c38-27(18-23-20-42-28-13-6-4-11-25(23)28)33(47)44-30(15-8-16-41-37(39)40)34(48)45-31(17-22-9-2-1-3-10-22)35(49)46-32(36(50)51)19-24-21-43-29-14-7-5-12-26(24)29/h1-7,9-14,20-21,27,30-32,42-43H,8,15-19,38H2,(H,44,47)(H,45,48)(H,46,49)(H,50,51)(H4,39,40,41). The molecule has 0 aliphatic rings. The number of H-pyrrole nitrogens is 2. The van der Waals surface area contributed by atoms with E-state index >= 15 is 0 Å². The van der Waals surface area contributed by atoms with Gasteiger partial charge in [0, 0.05) is 53.6 Å². The van der Waals surface area contributed by atoms with E-state index in [1.54, 1.807) is 36.7 Å². The molecular formula is C37H43N9O5. The number of guanidine groups is 1. The summed E-state index contributed by atoms with van der Waals surface area (Å²) in [7, 11) is 0. The molecule has 0 spiro atoms. The van der Waals surface area contributed by atoms with Gasteiger partial charge >= 0.3 is 5.97 Å². The number of carboxylic acids is 1. The molecule has 0 saturated heterocycles. The number of carboxylic acid groups (broad SMARTS) is 1. The van der Waals surface area contributed by atoms with Gasteiger partial charge in [-0.2, -0.15) is 0 Å². The van der Waals surface area contributed by atoms with Crippen LogP contribution in [0, 0.1) is 0 Å². The first-order valence-corrected chi connectivity index (χ1v) is 16.7. The van der Waals surface area contributed by atoms with Gasteiger partial charge in [0.25, 0.3) is 0 Å². The topological polar surface area (TPSA) is 247 Å². The average Bonchev–Trinajstić information content (AvgIpc) is 3.73. The zero-order valence-electron chi connectivity index (χ0n) is 28.0. The molecule has 0 aliphatic carbocycles. The first-order valence-electron chi connectivity index (χ1n) is 16.7. The van der Waals surface area contributed by atoms with Crippen LogP contribution >= 0.6 is 0 Å². The number of amides is 3. The van der Waals surface area contributed by atoms with Gasteiger partial charge in [0.05, 0.1) is 6.04 Å². The van der Waals surface area contributed by atoms with Crippen molar-refractivity contribution >= 4 is 51.5 Å². The van der Waals surface area contributed by atoms with E-state index in [0.717, 1.165) is 38.5 Å². The number of nitrogens with zero attached hydrogens (tertiary/aromatic N) is 1. The van der Waals surface area contributed by atoms with Crippen LogP contribution in [-0.2, 0) is 38.4 Å². The van der Waals surface area contributed by atoms with Crippen molar-refractivity contribution in [3.8, 4) is 0 Å². The van der Waals surface area contributed by atoms with Gasteiger partial charge in [0.2, 0.25) is 17.7 Å².